The molecule has 0 aliphatic heterocycles. The summed E-state index contributed by atoms with van der Waals surface area (Å²) in [7, 11) is 0. The van der Waals surface area contributed by atoms with Crippen LogP contribution < -0.4 is 5.32 Å². The minimum Gasteiger partial charge on any atom is -0.320 e. The molecule has 0 radical (unpaired) electrons. The quantitative estimate of drug-likeness (QED) is 0.687. The summed E-state index contributed by atoms with van der Waals surface area (Å²) in [5.74, 6) is -2.17. The molecule has 2 aromatic carbocycles. The average molecular weight is 374 g/mol. The van der Waals surface area contributed by atoms with Gasteiger partial charge in [0.15, 0.2) is 5.16 Å². The van der Waals surface area contributed by atoms with E-state index in [2.05, 4.69) is 15.5 Å². The monoisotopic (exact) mass is 374 g/mol. The predicted molar refractivity (Wildman–Crippen MR) is 96.4 cm³/mol. The molecule has 0 bridgehead atoms. The average Bonchev–Trinajstić information content (AvgIpc) is 3.06. The second-order valence-corrected chi connectivity index (χ2v) is 6.92. The number of amides is 1. The number of halogens is 2. The fourth-order valence-electron chi connectivity index (χ4n) is 2.36. The van der Waals surface area contributed by atoms with Gasteiger partial charge in [0.05, 0.1) is 10.9 Å². The van der Waals surface area contributed by atoms with Crippen LogP contribution in [0.3, 0.4) is 0 Å². The highest BCUT2D eigenvalue weighted by atomic mass is 32.2. The molecular formula is C18H16F2N4OS. The molecule has 134 valence electrons. The Morgan fingerprint density at radius 1 is 1.15 bits per heavy atom. The van der Waals surface area contributed by atoms with Gasteiger partial charge >= 0.3 is 0 Å². The molecule has 1 amide bonds. The highest BCUT2D eigenvalue weighted by Crippen LogP contribution is 2.26. The van der Waals surface area contributed by atoms with Crippen LogP contribution in [0.15, 0.2) is 53.9 Å². The molecule has 0 aliphatic rings. The second-order valence-electron chi connectivity index (χ2n) is 5.62. The maximum Gasteiger partial charge on any atom is 0.237 e. The van der Waals surface area contributed by atoms with Crippen molar-refractivity contribution < 1.29 is 13.6 Å². The first-order chi connectivity index (χ1) is 12.5. The predicted octanol–water partition coefficient (Wildman–Crippen LogP) is 3.97. The summed E-state index contributed by atoms with van der Waals surface area (Å²) < 4.78 is 29.2. The van der Waals surface area contributed by atoms with Gasteiger partial charge in [-0.05, 0) is 37.6 Å². The Kier molecular flexibility index (Phi) is 5.32. The van der Waals surface area contributed by atoms with Gasteiger partial charge in [-0.15, -0.1) is 10.2 Å². The molecule has 8 heteroatoms. The van der Waals surface area contributed by atoms with E-state index in [4.69, 9.17) is 0 Å². The normalized spacial score (nSPS) is 12.0. The zero-order valence-corrected chi connectivity index (χ0v) is 14.9. The first-order valence-corrected chi connectivity index (χ1v) is 8.73. The lowest BCUT2D eigenvalue weighted by atomic mass is 10.2. The molecule has 0 spiro atoms. The van der Waals surface area contributed by atoms with E-state index in [-0.39, 0.29) is 0 Å². The number of para-hydroxylation sites is 2. The largest absolute Gasteiger partial charge is 0.320 e. The summed E-state index contributed by atoms with van der Waals surface area (Å²) in [6.07, 6.45) is 1.56. The van der Waals surface area contributed by atoms with Crippen molar-refractivity contribution in [2.75, 3.05) is 5.32 Å². The molecule has 0 fully saturated rings. The van der Waals surface area contributed by atoms with Crippen LogP contribution in [0.4, 0.5) is 14.5 Å². The van der Waals surface area contributed by atoms with Crippen molar-refractivity contribution in [3.63, 3.8) is 0 Å². The molecule has 1 aromatic heterocycles. The van der Waals surface area contributed by atoms with Crippen LogP contribution >= 0.6 is 11.8 Å². The van der Waals surface area contributed by atoms with E-state index < -0.39 is 28.5 Å². The second kappa shape index (κ2) is 7.65. The smallest absolute Gasteiger partial charge is 0.237 e. The summed E-state index contributed by atoms with van der Waals surface area (Å²) in [6, 6.07) is 11.1. The maximum absolute atomic E-state index is 13.7. The number of thioether (sulfide) groups is 1. The van der Waals surface area contributed by atoms with Crippen LogP contribution in [0.1, 0.15) is 12.5 Å². The Morgan fingerprint density at radius 3 is 2.54 bits per heavy atom. The summed E-state index contributed by atoms with van der Waals surface area (Å²) in [5.41, 5.74) is 1.47. The first-order valence-electron chi connectivity index (χ1n) is 7.85. The van der Waals surface area contributed by atoms with Crippen LogP contribution in [0.25, 0.3) is 5.69 Å². The lowest BCUT2D eigenvalue weighted by molar-refractivity contribution is -0.115. The Labute approximate surface area is 153 Å². The van der Waals surface area contributed by atoms with E-state index in [0.29, 0.717) is 5.16 Å². The van der Waals surface area contributed by atoms with Crippen molar-refractivity contribution >= 4 is 23.4 Å². The van der Waals surface area contributed by atoms with Crippen molar-refractivity contribution in [3.8, 4) is 5.69 Å². The molecule has 0 saturated carbocycles. The number of rotatable bonds is 5. The third-order valence-electron chi connectivity index (χ3n) is 3.75. The van der Waals surface area contributed by atoms with E-state index in [1.165, 1.54) is 6.07 Å². The van der Waals surface area contributed by atoms with Crippen LogP contribution in [0.2, 0.25) is 0 Å². The number of hydrogen-bond acceptors (Lipinski definition) is 4. The van der Waals surface area contributed by atoms with Crippen LogP contribution in [0.5, 0.6) is 0 Å². The highest BCUT2D eigenvalue weighted by molar-refractivity contribution is 8.00. The number of hydrogen-bond donors (Lipinski definition) is 1. The van der Waals surface area contributed by atoms with Gasteiger partial charge in [0.1, 0.15) is 23.6 Å². The van der Waals surface area contributed by atoms with Gasteiger partial charge in [-0.1, -0.05) is 36.0 Å². The lowest BCUT2D eigenvalue weighted by Crippen LogP contribution is -2.24. The molecule has 5 nitrogen and oxygen atoms in total. The Bertz CT molecular complexity index is 924. The molecule has 1 unspecified atom stereocenters. The Hall–Kier alpha value is -2.74. The van der Waals surface area contributed by atoms with E-state index in [0.717, 1.165) is 35.1 Å². The molecule has 0 aliphatic carbocycles. The van der Waals surface area contributed by atoms with Gasteiger partial charge in [0, 0.05) is 0 Å². The molecule has 3 rings (SSSR count). The summed E-state index contributed by atoms with van der Waals surface area (Å²) in [6.45, 7) is 3.59. The van der Waals surface area contributed by atoms with Gasteiger partial charge in [-0.25, -0.2) is 8.78 Å². The van der Waals surface area contributed by atoms with Gasteiger partial charge in [0.25, 0.3) is 0 Å². The molecule has 1 heterocycles. The van der Waals surface area contributed by atoms with Crippen molar-refractivity contribution in [2.45, 2.75) is 24.3 Å². The van der Waals surface area contributed by atoms with Crippen LogP contribution in [-0.4, -0.2) is 25.9 Å². The van der Waals surface area contributed by atoms with Crippen molar-refractivity contribution in [1.82, 2.24) is 14.8 Å². The van der Waals surface area contributed by atoms with E-state index in [9.17, 15) is 13.6 Å². The third-order valence-corrected chi connectivity index (χ3v) is 4.81. The third kappa shape index (κ3) is 3.75. The summed E-state index contributed by atoms with van der Waals surface area (Å²) in [5, 5.41) is 10.1. The molecule has 0 saturated heterocycles. The van der Waals surface area contributed by atoms with Gasteiger partial charge < -0.3 is 5.32 Å². The van der Waals surface area contributed by atoms with Gasteiger partial charge in [-0.2, -0.15) is 0 Å². The molecule has 26 heavy (non-hydrogen) atoms. The number of carbonyl (C=O) groups is 1. The summed E-state index contributed by atoms with van der Waals surface area (Å²) >= 11 is 1.15. The number of nitrogens with one attached hydrogen (secondary N) is 1. The Balaban J connectivity index is 1.77. The van der Waals surface area contributed by atoms with E-state index >= 15 is 0 Å². The van der Waals surface area contributed by atoms with Crippen LogP contribution in [-0.2, 0) is 4.79 Å². The first kappa shape index (κ1) is 18.1. The molecular weight excluding hydrogens is 358 g/mol. The summed E-state index contributed by atoms with van der Waals surface area (Å²) in [4.78, 5) is 12.3. The Morgan fingerprint density at radius 2 is 1.85 bits per heavy atom. The standard InChI is InChI=1S/C18H16F2N4OS/c1-11-6-3-4-9-15(11)24-10-21-23-18(24)26-12(2)17(25)22-16-13(19)7-5-8-14(16)20/h3-10,12H,1-2H3,(H,22,25). The topological polar surface area (TPSA) is 59.8 Å². The number of nitrogens with zero attached hydrogens (tertiary/aromatic N) is 3. The molecule has 1 N–H and O–H groups in total. The lowest BCUT2D eigenvalue weighted by Gasteiger charge is -2.14. The van der Waals surface area contributed by atoms with Gasteiger partial charge in [0.2, 0.25) is 5.91 Å². The maximum atomic E-state index is 13.7. The van der Waals surface area contributed by atoms with Crippen LogP contribution in [0, 0.1) is 18.6 Å². The van der Waals surface area contributed by atoms with Crippen molar-refractivity contribution in [2.24, 2.45) is 0 Å². The molecule has 1 atom stereocenters. The zero-order chi connectivity index (χ0) is 18.7. The molecule has 3 aromatic rings. The number of benzene rings is 2. The number of anilines is 1. The SMILES string of the molecule is Cc1ccccc1-n1cnnc1SC(C)C(=O)Nc1c(F)cccc1F. The number of aryl methyl sites for hydroxylation is 1. The number of carbonyl (C=O) groups excluding carboxylic acids is 1. The van der Waals surface area contributed by atoms with E-state index in [1.54, 1.807) is 17.8 Å². The minimum absolute atomic E-state index is 0.453. The zero-order valence-electron chi connectivity index (χ0n) is 14.1. The van der Waals surface area contributed by atoms with Crippen molar-refractivity contribution in [3.05, 3.63) is 66.0 Å². The fraction of sp³-hybridized carbons (Fsp3) is 0.167. The minimum atomic E-state index is -0.821. The van der Waals surface area contributed by atoms with E-state index in [1.807, 2.05) is 31.2 Å². The van der Waals surface area contributed by atoms with Gasteiger partial charge in [-0.3, -0.25) is 9.36 Å². The fourth-order valence-corrected chi connectivity index (χ4v) is 3.19. The number of aromatic nitrogens is 3. The highest BCUT2D eigenvalue weighted by Gasteiger charge is 2.21. The van der Waals surface area contributed by atoms with Crippen molar-refractivity contribution in [1.29, 1.82) is 0 Å².